The van der Waals surface area contributed by atoms with E-state index in [1.54, 1.807) is 24.5 Å². The number of sulfonamides is 1. The first kappa shape index (κ1) is 14.5. The molecule has 0 spiro atoms. The smallest absolute Gasteiger partial charge is 0.240 e. The summed E-state index contributed by atoms with van der Waals surface area (Å²) in [5, 5.41) is 0.464. The van der Waals surface area contributed by atoms with E-state index in [1.165, 1.54) is 18.2 Å². The molecule has 100 valence electrons. The Balaban J connectivity index is 2.16. The topological polar surface area (TPSA) is 59.1 Å². The molecular weight excluding hydrogens is 352 g/mol. The summed E-state index contributed by atoms with van der Waals surface area (Å²) in [6, 6.07) is 8.01. The van der Waals surface area contributed by atoms with E-state index in [0.717, 1.165) is 5.56 Å². The molecule has 0 amide bonds. The van der Waals surface area contributed by atoms with Crippen molar-refractivity contribution in [2.75, 3.05) is 0 Å². The van der Waals surface area contributed by atoms with Crippen LogP contribution in [0.15, 0.2) is 52.1 Å². The first-order chi connectivity index (χ1) is 8.99. The predicted octanol–water partition coefficient (Wildman–Crippen LogP) is 2.98. The van der Waals surface area contributed by atoms with E-state index in [1.807, 2.05) is 0 Å². The van der Waals surface area contributed by atoms with Gasteiger partial charge in [0.15, 0.2) is 0 Å². The lowest BCUT2D eigenvalue weighted by Gasteiger charge is -2.07. The van der Waals surface area contributed by atoms with Crippen molar-refractivity contribution < 1.29 is 8.42 Å². The molecule has 19 heavy (non-hydrogen) atoms. The SMILES string of the molecule is O=S(=O)(NCc1cccnc1)c1ccc(Cl)c(Br)c1. The maximum Gasteiger partial charge on any atom is 0.240 e. The second-order valence-electron chi connectivity index (χ2n) is 3.76. The molecule has 1 heterocycles. The number of benzene rings is 1. The lowest BCUT2D eigenvalue weighted by Crippen LogP contribution is -2.23. The first-order valence-corrected chi connectivity index (χ1v) is 7.98. The number of pyridine rings is 1. The maximum atomic E-state index is 12.1. The zero-order chi connectivity index (χ0) is 13.9. The number of hydrogen-bond donors (Lipinski definition) is 1. The zero-order valence-corrected chi connectivity index (χ0v) is 12.8. The van der Waals surface area contributed by atoms with Crippen molar-refractivity contribution in [1.29, 1.82) is 0 Å². The van der Waals surface area contributed by atoms with Gasteiger partial charge in [0.1, 0.15) is 0 Å². The van der Waals surface area contributed by atoms with Gasteiger partial charge in [0.2, 0.25) is 10.0 Å². The summed E-state index contributed by atoms with van der Waals surface area (Å²) in [6.07, 6.45) is 3.24. The van der Waals surface area contributed by atoms with E-state index < -0.39 is 10.0 Å². The van der Waals surface area contributed by atoms with Crippen LogP contribution in [0.2, 0.25) is 5.02 Å². The molecule has 0 unspecified atom stereocenters. The summed E-state index contributed by atoms with van der Waals surface area (Å²) >= 11 is 9.03. The van der Waals surface area contributed by atoms with Crippen LogP contribution in [0.25, 0.3) is 0 Å². The van der Waals surface area contributed by atoms with Crippen LogP contribution >= 0.6 is 27.5 Å². The number of nitrogens with zero attached hydrogens (tertiary/aromatic N) is 1. The van der Waals surface area contributed by atoms with Gasteiger partial charge in [-0.1, -0.05) is 17.7 Å². The Labute approximate surface area is 125 Å². The summed E-state index contributed by atoms with van der Waals surface area (Å²) in [4.78, 5) is 4.08. The van der Waals surface area contributed by atoms with Crippen molar-refractivity contribution in [3.63, 3.8) is 0 Å². The minimum atomic E-state index is -3.56. The van der Waals surface area contributed by atoms with Crippen LogP contribution in [0.5, 0.6) is 0 Å². The monoisotopic (exact) mass is 360 g/mol. The highest BCUT2D eigenvalue weighted by Gasteiger charge is 2.14. The molecular formula is C12H10BrClN2O2S. The number of rotatable bonds is 4. The predicted molar refractivity (Wildman–Crippen MR) is 77.4 cm³/mol. The molecule has 1 aromatic carbocycles. The standard InChI is InChI=1S/C12H10BrClN2O2S/c13-11-6-10(3-4-12(11)14)19(17,18)16-8-9-2-1-5-15-7-9/h1-7,16H,8H2. The van der Waals surface area contributed by atoms with Gasteiger partial charge in [-0.05, 0) is 45.8 Å². The third kappa shape index (κ3) is 3.76. The Morgan fingerprint density at radius 1 is 1.32 bits per heavy atom. The molecule has 1 N–H and O–H groups in total. The molecule has 2 rings (SSSR count). The van der Waals surface area contributed by atoms with Crippen LogP contribution in [-0.4, -0.2) is 13.4 Å². The highest BCUT2D eigenvalue weighted by atomic mass is 79.9. The van der Waals surface area contributed by atoms with Crippen LogP contribution in [-0.2, 0) is 16.6 Å². The largest absolute Gasteiger partial charge is 0.264 e. The second-order valence-corrected chi connectivity index (χ2v) is 6.79. The highest BCUT2D eigenvalue weighted by Crippen LogP contribution is 2.25. The summed E-state index contributed by atoms with van der Waals surface area (Å²) in [5.74, 6) is 0. The number of aromatic nitrogens is 1. The van der Waals surface area contributed by atoms with E-state index in [-0.39, 0.29) is 11.4 Å². The highest BCUT2D eigenvalue weighted by molar-refractivity contribution is 9.10. The molecule has 7 heteroatoms. The molecule has 0 aliphatic carbocycles. The summed E-state index contributed by atoms with van der Waals surface area (Å²) in [6.45, 7) is 0.191. The fraction of sp³-hybridized carbons (Fsp3) is 0.0833. The van der Waals surface area contributed by atoms with E-state index in [4.69, 9.17) is 11.6 Å². The molecule has 2 aromatic rings. The van der Waals surface area contributed by atoms with Crippen LogP contribution in [0.4, 0.5) is 0 Å². The molecule has 0 atom stereocenters. The normalized spacial score (nSPS) is 11.5. The quantitative estimate of drug-likeness (QED) is 0.911. The Hall–Kier alpha value is -0.950. The average molecular weight is 362 g/mol. The van der Waals surface area contributed by atoms with E-state index in [0.29, 0.717) is 9.50 Å². The molecule has 0 aliphatic heterocycles. The van der Waals surface area contributed by atoms with Gasteiger partial charge in [-0.25, -0.2) is 13.1 Å². The van der Waals surface area contributed by atoms with Gasteiger partial charge in [0.25, 0.3) is 0 Å². The average Bonchev–Trinajstić information content (AvgIpc) is 2.41. The van der Waals surface area contributed by atoms with Gasteiger partial charge in [0.05, 0.1) is 9.92 Å². The minimum Gasteiger partial charge on any atom is -0.264 e. The minimum absolute atomic E-state index is 0.160. The van der Waals surface area contributed by atoms with E-state index in [2.05, 4.69) is 25.6 Å². The van der Waals surface area contributed by atoms with Gasteiger partial charge >= 0.3 is 0 Å². The molecule has 0 fully saturated rings. The van der Waals surface area contributed by atoms with Gasteiger partial charge in [-0.15, -0.1) is 0 Å². The fourth-order valence-corrected chi connectivity index (χ4v) is 3.10. The fourth-order valence-electron chi connectivity index (χ4n) is 1.41. The Bertz CT molecular complexity index is 677. The van der Waals surface area contributed by atoms with Crippen molar-refractivity contribution >= 4 is 37.6 Å². The van der Waals surface area contributed by atoms with Crippen LogP contribution < -0.4 is 4.72 Å². The van der Waals surface area contributed by atoms with Crippen LogP contribution in [0.1, 0.15) is 5.56 Å². The molecule has 0 saturated carbocycles. The second kappa shape index (κ2) is 6.00. The van der Waals surface area contributed by atoms with E-state index in [9.17, 15) is 8.42 Å². The van der Waals surface area contributed by atoms with Gasteiger partial charge in [-0.2, -0.15) is 0 Å². The molecule has 0 aliphatic rings. The van der Waals surface area contributed by atoms with Crippen molar-refractivity contribution in [2.24, 2.45) is 0 Å². The Morgan fingerprint density at radius 3 is 2.74 bits per heavy atom. The van der Waals surface area contributed by atoms with Crippen molar-refractivity contribution in [1.82, 2.24) is 9.71 Å². The first-order valence-electron chi connectivity index (χ1n) is 5.33. The number of hydrogen-bond acceptors (Lipinski definition) is 3. The van der Waals surface area contributed by atoms with Gasteiger partial charge in [-0.3, -0.25) is 4.98 Å². The third-order valence-electron chi connectivity index (χ3n) is 2.39. The summed E-state index contributed by atoms with van der Waals surface area (Å²) in [7, 11) is -3.56. The van der Waals surface area contributed by atoms with Gasteiger partial charge < -0.3 is 0 Å². The molecule has 0 bridgehead atoms. The van der Waals surface area contributed by atoms with Crippen LogP contribution in [0.3, 0.4) is 0 Å². The number of halogens is 2. The van der Waals surface area contributed by atoms with E-state index >= 15 is 0 Å². The lowest BCUT2D eigenvalue weighted by molar-refractivity contribution is 0.581. The summed E-state index contributed by atoms with van der Waals surface area (Å²) in [5.41, 5.74) is 0.791. The molecule has 1 aromatic heterocycles. The van der Waals surface area contributed by atoms with Gasteiger partial charge in [0, 0.05) is 23.4 Å². The maximum absolute atomic E-state index is 12.1. The van der Waals surface area contributed by atoms with Crippen molar-refractivity contribution in [2.45, 2.75) is 11.4 Å². The Kier molecular flexibility index (Phi) is 4.57. The zero-order valence-electron chi connectivity index (χ0n) is 9.68. The Morgan fingerprint density at radius 2 is 2.11 bits per heavy atom. The molecule has 4 nitrogen and oxygen atoms in total. The molecule has 0 radical (unpaired) electrons. The van der Waals surface area contributed by atoms with Crippen molar-refractivity contribution in [3.8, 4) is 0 Å². The van der Waals surface area contributed by atoms with Crippen molar-refractivity contribution in [3.05, 3.63) is 57.8 Å². The third-order valence-corrected chi connectivity index (χ3v) is 5.00. The van der Waals surface area contributed by atoms with Crippen LogP contribution in [0, 0.1) is 0 Å². The number of nitrogens with one attached hydrogen (secondary N) is 1. The lowest BCUT2D eigenvalue weighted by atomic mass is 10.3. The summed E-state index contributed by atoms with van der Waals surface area (Å²) < 4.78 is 27.2. The molecule has 0 saturated heterocycles.